The number of amides is 1. The zero-order valence-corrected chi connectivity index (χ0v) is 18.1. The van der Waals surface area contributed by atoms with E-state index < -0.39 is 0 Å². The smallest absolute Gasteiger partial charge is 0.255 e. The molecule has 152 valence electrons. The predicted octanol–water partition coefficient (Wildman–Crippen LogP) is 6.60. The highest BCUT2D eigenvalue weighted by molar-refractivity contribution is 7.13. The van der Waals surface area contributed by atoms with Crippen molar-refractivity contribution >= 4 is 28.6 Å². The number of carbonyl (C=O) groups is 1. The fraction of sp³-hybridized carbons (Fsp3) is 0.0769. The van der Waals surface area contributed by atoms with Gasteiger partial charge in [0.25, 0.3) is 5.91 Å². The SMILES string of the molecule is Cc1ccc(-c2cn3cccc(C)c3n2)cc1NC(=O)c1ccc(-c2cccs2)cc1. The van der Waals surface area contributed by atoms with Crippen molar-refractivity contribution in [2.45, 2.75) is 13.8 Å². The van der Waals surface area contributed by atoms with Crippen LogP contribution in [-0.2, 0) is 0 Å². The van der Waals surface area contributed by atoms with Crippen molar-refractivity contribution in [3.63, 3.8) is 0 Å². The van der Waals surface area contributed by atoms with Crippen molar-refractivity contribution in [2.75, 3.05) is 5.32 Å². The number of aromatic nitrogens is 2. The molecule has 3 heterocycles. The molecule has 0 fully saturated rings. The largest absolute Gasteiger partial charge is 0.322 e. The van der Waals surface area contributed by atoms with Crippen LogP contribution in [0, 0.1) is 13.8 Å². The Morgan fingerprint density at radius 1 is 0.935 bits per heavy atom. The van der Waals surface area contributed by atoms with Crippen molar-refractivity contribution in [2.24, 2.45) is 0 Å². The molecule has 31 heavy (non-hydrogen) atoms. The molecular formula is C26H21N3OS. The molecule has 3 aromatic heterocycles. The quantitative estimate of drug-likeness (QED) is 0.354. The number of nitrogens with zero attached hydrogens (tertiary/aromatic N) is 2. The fourth-order valence-electron chi connectivity index (χ4n) is 3.63. The highest BCUT2D eigenvalue weighted by atomic mass is 32.1. The van der Waals surface area contributed by atoms with Crippen LogP contribution in [0.4, 0.5) is 5.69 Å². The molecule has 4 nitrogen and oxygen atoms in total. The van der Waals surface area contributed by atoms with E-state index in [9.17, 15) is 4.79 Å². The second-order valence-electron chi connectivity index (χ2n) is 7.59. The lowest BCUT2D eigenvalue weighted by Crippen LogP contribution is -2.12. The van der Waals surface area contributed by atoms with Crippen LogP contribution in [0.5, 0.6) is 0 Å². The molecular weight excluding hydrogens is 402 g/mol. The molecule has 0 spiro atoms. The lowest BCUT2D eigenvalue weighted by Gasteiger charge is -2.10. The molecule has 5 rings (SSSR count). The Morgan fingerprint density at radius 3 is 2.48 bits per heavy atom. The number of hydrogen-bond acceptors (Lipinski definition) is 3. The van der Waals surface area contributed by atoms with E-state index in [2.05, 4.69) is 29.8 Å². The van der Waals surface area contributed by atoms with E-state index in [0.717, 1.165) is 39.3 Å². The molecule has 0 saturated heterocycles. The Hall–Kier alpha value is -3.70. The Morgan fingerprint density at radius 2 is 1.74 bits per heavy atom. The topological polar surface area (TPSA) is 46.4 Å². The minimum Gasteiger partial charge on any atom is -0.322 e. The van der Waals surface area contributed by atoms with Crippen molar-refractivity contribution in [3.8, 4) is 21.7 Å². The monoisotopic (exact) mass is 423 g/mol. The van der Waals surface area contributed by atoms with E-state index in [1.807, 2.05) is 78.3 Å². The van der Waals surface area contributed by atoms with E-state index >= 15 is 0 Å². The highest BCUT2D eigenvalue weighted by Gasteiger charge is 2.12. The predicted molar refractivity (Wildman–Crippen MR) is 128 cm³/mol. The van der Waals surface area contributed by atoms with Crippen molar-refractivity contribution < 1.29 is 4.79 Å². The number of pyridine rings is 1. The van der Waals surface area contributed by atoms with Crippen LogP contribution in [-0.4, -0.2) is 15.3 Å². The van der Waals surface area contributed by atoms with Gasteiger partial charge in [-0.05, 0) is 66.2 Å². The summed E-state index contributed by atoms with van der Waals surface area (Å²) in [5.41, 5.74) is 7.46. The summed E-state index contributed by atoms with van der Waals surface area (Å²) in [6.07, 6.45) is 4.01. The van der Waals surface area contributed by atoms with Gasteiger partial charge in [0, 0.05) is 34.1 Å². The third-order valence-corrected chi connectivity index (χ3v) is 6.33. The molecule has 0 atom stereocenters. The third kappa shape index (κ3) is 3.76. The van der Waals surface area contributed by atoms with Crippen molar-refractivity contribution in [3.05, 3.63) is 101 Å². The molecule has 2 aromatic carbocycles. The van der Waals surface area contributed by atoms with E-state index in [-0.39, 0.29) is 5.91 Å². The average Bonchev–Trinajstić information content (AvgIpc) is 3.46. The summed E-state index contributed by atoms with van der Waals surface area (Å²) in [7, 11) is 0. The maximum Gasteiger partial charge on any atom is 0.255 e. The first-order valence-corrected chi connectivity index (χ1v) is 11.0. The van der Waals surface area contributed by atoms with Gasteiger partial charge in [0.05, 0.1) is 5.69 Å². The van der Waals surface area contributed by atoms with Gasteiger partial charge in [0.1, 0.15) is 5.65 Å². The Labute approximate surface area is 184 Å². The molecule has 0 unspecified atom stereocenters. The standard InChI is InChI=1S/C26H21N3OS/c1-17-7-8-21(23-16-29-13-3-5-18(2)25(29)27-23)15-22(17)28-26(30)20-11-9-19(10-12-20)24-6-4-14-31-24/h3-16H,1-2H3,(H,28,30). The zero-order chi connectivity index (χ0) is 21.4. The maximum atomic E-state index is 12.9. The number of nitrogens with one attached hydrogen (secondary N) is 1. The molecule has 1 amide bonds. The van der Waals surface area contributed by atoms with Gasteiger partial charge in [-0.3, -0.25) is 4.79 Å². The summed E-state index contributed by atoms with van der Waals surface area (Å²) in [6.45, 7) is 4.05. The van der Waals surface area contributed by atoms with Gasteiger partial charge in [-0.25, -0.2) is 4.98 Å². The lowest BCUT2D eigenvalue weighted by atomic mass is 10.1. The minimum atomic E-state index is -0.121. The van der Waals surface area contributed by atoms with Gasteiger partial charge >= 0.3 is 0 Å². The number of carbonyl (C=O) groups excluding carboxylic acids is 1. The number of anilines is 1. The van der Waals surface area contributed by atoms with Gasteiger partial charge in [-0.2, -0.15) is 0 Å². The Balaban J connectivity index is 1.41. The number of thiophene rings is 1. The molecule has 1 N–H and O–H groups in total. The Kier molecular flexibility index (Phi) is 4.88. The molecule has 0 radical (unpaired) electrons. The van der Waals surface area contributed by atoms with Gasteiger partial charge in [0.2, 0.25) is 0 Å². The van der Waals surface area contributed by atoms with Crippen LogP contribution in [0.2, 0.25) is 0 Å². The third-order valence-electron chi connectivity index (χ3n) is 5.41. The molecule has 5 heteroatoms. The second-order valence-corrected chi connectivity index (χ2v) is 8.53. The number of aryl methyl sites for hydroxylation is 2. The normalized spacial score (nSPS) is 11.0. The van der Waals surface area contributed by atoms with E-state index in [4.69, 9.17) is 4.98 Å². The van der Waals surface area contributed by atoms with E-state index in [1.54, 1.807) is 11.3 Å². The summed E-state index contributed by atoms with van der Waals surface area (Å²) in [5, 5.41) is 5.12. The first-order chi connectivity index (χ1) is 15.1. The number of fused-ring (bicyclic) bond motifs is 1. The van der Waals surface area contributed by atoms with Gasteiger partial charge in [-0.15, -0.1) is 11.3 Å². The fourth-order valence-corrected chi connectivity index (χ4v) is 4.36. The molecule has 5 aromatic rings. The van der Waals surface area contributed by atoms with Gasteiger partial charge < -0.3 is 9.72 Å². The van der Waals surface area contributed by atoms with Crippen LogP contribution >= 0.6 is 11.3 Å². The lowest BCUT2D eigenvalue weighted by molar-refractivity contribution is 0.102. The van der Waals surface area contributed by atoms with Crippen LogP contribution in [0.3, 0.4) is 0 Å². The first-order valence-electron chi connectivity index (χ1n) is 10.1. The van der Waals surface area contributed by atoms with E-state index in [1.165, 1.54) is 4.88 Å². The van der Waals surface area contributed by atoms with E-state index in [0.29, 0.717) is 5.56 Å². The summed E-state index contributed by atoms with van der Waals surface area (Å²) in [6, 6.07) is 21.9. The average molecular weight is 424 g/mol. The number of benzene rings is 2. The first kappa shape index (κ1) is 19.3. The van der Waals surface area contributed by atoms with Gasteiger partial charge in [0.15, 0.2) is 0 Å². The molecule has 0 aliphatic carbocycles. The van der Waals surface area contributed by atoms with Gasteiger partial charge in [-0.1, -0.05) is 36.4 Å². The van der Waals surface area contributed by atoms with Crippen LogP contribution in [0.25, 0.3) is 27.3 Å². The molecule has 0 aliphatic rings. The molecule has 0 saturated carbocycles. The minimum absolute atomic E-state index is 0.121. The summed E-state index contributed by atoms with van der Waals surface area (Å²) in [5.74, 6) is -0.121. The number of hydrogen-bond donors (Lipinski definition) is 1. The van der Waals surface area contributed by atoms with Crippen LogP contribution < -0.4 is 5.32 Å². The van der Waals surface area contributed by atoms with Crippen molar-refractivity contribution in [1.29, 1.82) is 0 Å². The summed E-state index contributed by atoms with van der Waals surface area (Å²) >= 11 is 1.69. The summed E-state index contributed by atoms with van der Waals surface area (Å²) < 4.78 is 2.03. The Bertz CT molecular complexity index is 1380. The molecule has 0 bridgehead atoms. The number of rotatable bonds is 4. The summed E-state index contributed by atoms with van der Waals surface area (Å²) in [4.78, 5) is 18.8. The van der Waals surface area contributed by atoms with Crippen molar-refractivity contribution in [1.82, 2.24) is 9.38 Å². The second kappa shape index (κ2) is 7.85. The maximum absolute atomic E-state index is 12.9. The molecule has 0 aliphatic heterocycles. The van der Waals surface area contributed by atoms with Crippen LogP contribution in [0.1, 0.15) is 21.5 Å². The zero-order valence-electron chi connectivity index (χ0n) is 17.3. The van der Waals surface area contributed by atoms with Crippen LogP contribution in [0.15, 0.2) is 84.5 Å². The highest BCUT2D eigenvalue weighted by Crippen LogP contribution is 2.27. The number of imidazole rings is 1.